The van der Waals surface area contributed by atoms with Crippen LogP contribution >= 0.6 is 48.0 Å². The highest BCUT2D eigenvalue weighted by Crippen LogP contribution is 2.25. The predicted molar refractivity (Wildman–Crippen MR) is 139 cm³/mol. The number of nitrogens with zero attached hydrogens (tertiary/aromatic N) is 3. The van der Waals surface area contributed by atoms with Gasteiger partial charge in [-0.3, -0.25) is 24.2 Å². The van der Waals surface area contributed by atoms with Crippen LogP contribution in [0, 0.1) is 6.92 Å². The summed E-state index contributed by atoms with van der Waals surface area (Å²) in [5, 5.41) is 0. The molecule has 11 heteroatoms. The second-order valence-corrected chi connectivity index (χ2v) is 10.9. The Balaban J connectivity index is 1.70. The van der Waals surface area contributed by atoms with Crippen molar-refractivity contribution in [2.45, 2.75) is 20.1 Å². The van der Waals surface area contributed by atoms with Crippen LogP contribution in [0.5, 0.6) is 5.75 Å². The number of benzene rings is 1. The third-order valence-electron chi connectivity index (χ3n) is 5.28. The lowest BCUT2D eigenvalue weighted by Gasteiger charge is -2.21. The third kappa shape index (κ3) is 5.16. The third-order valence-corrected chi connectivity index (χ3v) is 8.14. The van der Waals surface area contributed by atoms with Crippen LogP contribution in [-0.4, -0.2) is 59.4 Å². The number of carbonyl (C=O) groups is 2. The van der Waals surface area contributed by atoms with E-state index in [0.29, 0.717) is 33.2 Å². The number of thioether (sulfide) groups is 2. The SMILES string of the molecule is Cc1cc(C(=O)N2CCSC2=S)c(OCc2ccccc2)c(=O)n1CC(=O)N1CCSC1=S. The molecule has 1 aromatic heterocycles. The number of aromatic nitrogens is 1. The molecular formula is C22H21N3O4S4. The predicted octanol–water partition coefficient (Wildman–Crippen LogP) is 3.07. The molecular weight excluding hydrogens is 499 g/mol. The normalized spacial score (nSPS) is 15.9. The van der Waals surface area contributed by atoms with Crippen molar-refractivity contribution in [3.8, 4) is 5.75 Å². The van der Waals surface area contributed by atoms with Gasteiger partial charge in [0.25, 0.3) is 11.5 Å². The van der Waals surface area contributed by atoms with E-state index in [4.69, 9.17) is 29.2 Å². The number of hydrogen-bond acceptors (Lipinski definition) is 8. The van der Waals surface area contributed by atoms with Gasteiger partial charge in [-0.1, -0.05) is 78.3 Å². The van der Waals surface area contributed by atoms with Crippen LogP contribution in [0.1, 0.15) is 21.6 Å². The van der Waals surface area contributed by atoms with Gasteiger partial charge in [0.15, 0.2) is 5.75 Å². The van der Waals surface area contributed by atoms with Gasteiger partial charge in [-0.15, -0.1) is 0 Å². The van der Waals surface area contributed by atoms with Crippen molar-refractivity contribution in [2.24, 2.45) is 0 Å². The summed E-state index contributed by atoms with van der Waals surface area (Å²) in [7, 11) is 0. The summed E-state index contributed by atoms with van der Waals surface area (Å²) in [5.74, 6) is 0.735. The van der Waals surface area contributed by atoms with Crippen molar-refractivity contribution in [3.05, 3.63) is 63.6 Å². The minimum absolute atomic E-state index is 0.0830. The lowest BCUT2D eigenvalue weighted by Crippen LogP contribution is -2.38. The minimum Gasteiger partial charge on any atom is -0.482 e. The highest BCUT2D eigenvalue weighted by Gasteiger charge is 2.31. The van der Waals surface area contributed by atoms with Crippen molar-refractivity contribution in [1.82, 2.24) is 14.4 Å². The number of thiocarbonyl (C=S) groups is 2. The van der Waals surface area contributed by atoms with E-state index >= 15 is 0 Å². The first-order valence-electron chi connectivity index (χ1n) is 10.2. The number of amides is 2. The van der Waals surface area contributed by atoms with E-state index in [2.05, 4.69) is 0 Å². The van der Waals surface area contributed by atoms with E-state index in [9.17, 15) is 14.4 Å². The Labute approximate surface area is 210 Å². The average molecular weight is 520 g/mol. The molecule has 1 aromatic carbocycles. The summed E-state index contributed by atoms with van der Waals surface area (Å²) in [6.45, 7) is 2.62. The van der Waals surface area contributed by atoms with Gasteiger partial charge in [0.2, 0.25) is 5.91 Å². The molecule has 0 unspecified atom stereocenters. The Morgan fingerprint density at radius 3 is 2.27 bits per heavy atom. The van der Waals surface area contributed by atoms with Gasteiger partial charge in [0.05, 0.1) is 5.56 Å². The maximum Gasteiger partial charge on any atom is 0.294 e. The van der Waals surface area contributed by atoms with E-state index in [0.717, 1.165) is 11.3 Å². The van der Waals surface area contributed by atoms with Crippen LogP contribution in [0.3, 0.4) is 0 Å². The van der Waals surface area contributed by atoms with E-state index in [1.807, 2.05) is 30.3 Å². The zero-order chi connectivity index (χ0) is 23.5. The molecule has 2 aliphatic rings. The average Bonchev–Trinajstić information content (AvgIpc) is 3.43. The van der Waals surface area contributed by atoms with Gasteiger partial charge in [-0.2, -0.15) is 0 Å². The Hall–Kier alpha value is -2.21. The van der Waals surface area contributed by atoms with Crippen LogP contribution < -0.4 is 10.3 Å². The summed E-state index contributed by atoms with van der Waals surface area (Å²) in [5.41, 5.74) is 0.955. The first kappa shape index (κ1) is 23.9. The van der Waals surface area contributed by atoms with E-state index < -0.39 is 5.56 Å². The Bertz CT molecular complexity index is 1180. The lowest BCUT2D eigenvalue weighted by molar-refractivity contribution is -0.127. The van der Waals surface area contributed by atoms with Gasteiger partial charge in [0, 0.05) is 30.3 Å². The van der Waals surface area contributed by atoms with Crippen molar-refractivity contribution in [3.63, 3.8) is 0 Å². The number of rotatable bonds is 6. The monoisotopic (exact) mass is 519 g/mol. The van der Waals surface area contributed by atoms with Crippen LogP contribution in [0.2, 0.25) is 0 Å². The smallest absolute Gasteiger partial charge is 0.294 e. The summed E-state index contributed by atoms with van der Waals surface area (Å²) in [4.78, 5) is 42.6. The minimum atomic E-state index is -0.529. The second-order valence-electron chi connectivity index (χ2n) is 7.42. The largest absolute Gasteiger partial charge is 0.482 e. The first-order chi connectivity index (χ1) is 15.9. The molecule has 0 bridgehead atoms. The standard InChI is InChI=1S/C22H21N3O4S4/c1-14-11-16(19(27)24-8-10-33-22(24)31)18(29-13-15-5-3-2-4-6-15)20(28)25(14)12-17(26)23-7-9-32-21(23)30/h2-6,11H,7-10,12-13H2,1H3. The molecule has 0 saturated carbocycles. The molecule has 7 nitrogen and oxygen atoms in total. The molecule has 2 amide bonds. The van der Waals surface area contributed by atoms with E-state index in [-0.39, 0.29) is 36.3 Å². The molecule has 3 heterocycles. The number of hydrogen-bond donors (Lipinski definition) is 0. The maximum atomic E-state index is 13.5. The summed E-state index contributed by atoms with van der Waals surface area (Å²) >= 11 is 13.4. The van der Waals surface area contributed by atoms with Gasteiger partial charge >= 0.3 is 0 Å². The van der Waals surface area contributed by atoms with E-state index in [1.54, 1.807) is 13.0 Å². The zero-order valence-electron chi connectivity index (χ0n) is 17.8. The number of carbonyl (C=O) groups excluding carboxylic acids is 2. The van der Waals surface area contributed by atoms with Gasteiger partial charge in [0.1, 0.15) is 21.8 Å². The van der Waals surface area contributed by atoms with Crippen molar-refractivity contribution in [1.29, 1.82) is 0 Å². The van der Waals surface area contributed by atoms with Gasteiger partial charge in [-0.25, -0.2) is 0 Å². The molecule has 2 aromatic rings. The van der Waals surface area contributed by atoms with Crippen molar-refractivity contribution < 1.29 is 14.3 Å². The summed E-state index contributed by atoms with van der Waals surface area (Å²) < 4.78 is 8.23. The van der Waals surface area contributed by atoms with Crippen LogP contribution in [0.25, 0.3) is 0 Å². The molecule has 0 radical (unpaired) electrons. The van der Waals surface area contributed by atoms with Crippen molar-refractivity contribution >= 4 is 68.4 Å². The van der Waals surface area contributed by atoms with Gasteiger partial charge in [-0.05, 0) is 18.6 Å². The second kappa shape index (κ2) is 10.4. The molecule has 0 aliphatic carbocycles. The fourth-order valence-electron chi connectivity index (χ4n) is 3.54. The fourth-order valence-corrected chi connectivity index (χ4v) is 5.98. The number of ether oxygens (including phenoxy) is 1. The number of aryl methyl sites for hydroxylation is 1. The highest BCUT2D eigenvalue weighted by molar-refractivity contribution is 8.23. The molecule has 0 spiro atoms. The first-order valence-corrected chi connectivity index (χ1v) is 13.0. The fraction of sp³-hybridized carbons (Fsp3) is 0.318. The molecule has 2 saturated heterocycles. The van der Waals surface area contributed by atoms with Gasteiger partial charge < -0.3 is 9.30 Å². The quantitative estimate of drug-likeness (QED) is 0.540. The number of pyridine rings is 1. The molecule has 2 fully saturated rings. The zero-order valence-corrected chi connectivity index (χ0v) is 21.1. The summed E-state index contributed by atoms with van der Waals surface area (Å²) in [6, 6.07) is 11.0. The molecule has 0 atom stereocenters. The molecule has 33 heavy (non-hydrogen) atoms. The Kier molecular flexibility index (Phi) is 7.52. The molecule has 4 rings (SSSR count). The molecule has 172 valence electrons. The van der Waals surface area contributed by atoms with Crippen LogP contribution in [-0.2, 0) is 17.9 Å². The Morgan fingerprint density at radius 1 is 1.03 bits per heavy atom. The summed E-state index contributed by atoms with van der Waals surface area (Å²) in [6.07, 6.45) is 0. The Morgan fingerprint density at radius 2 is 1.67 bits per heavy atom. The molecule has 2 aliphatic heterocycles. The van der Waals surface area contributed by atoms with Crippen LogP contribution in [0.15, 0.2) is 41.2 Å². The maximum absolute atomic E-state index is 13.5. The van der Waals surface area contributed by atoms with Crippen molar-refractivity contribution in [2.75, 3.05) is 24.6 Å². The van der Waals surface area contributed by atoms with Crippen LogP contribution in [0.4, 0.5) is 0 Å². The van der Waals surface area contributed by atoms with E-state index in [1.165, 1.54) is 37.9 Å². The lowest BCUT2D eigenvalue weighted by atomic mass is 10.1. The highest BCUT2D eigenvalue weighted by atomic mass is 32.2. The molecule has 0 N–H and O–H groups in total. The topological polar surface area (TPSA) is 71.8 Å².